The maximum atomic E-state index is 11.9. The minimum Gasteiger partial charge on any atom is -0.394 e. The molecule has 0 bridgehead atoms. The molecule has 4 N–H and O–H groups in total. The molecule has 0 radical (unpaired) electrons. The number of likely N-dealkylation sites (tertiary alicyclic amines) is 1. The lowest BCUT2D eigenvalue weighted by Gasteiger charge is -2.30. The number of amides is 3. The van der Waals surface area contributed by atoms with E-state index in [2.05, 4.69) is 5.32 Å². The molecule has 0 spiro atoms. The third kappa shape index (κ3) is 5.89. The number of nitrogens with one attached hydrogen (secondary N) is 1. The zero-order chi connectivity index (χ0) is 14.1. The van der Waals surface area contributed by atoms with E-state index in [0.29, 0.717) is 39.3 Å². The first-order valence-corrected chi connectivity index (χ1v) is 6.66. The van der Waals surface area contributed by atoms with Crippen molar-refractivity contribution in [1.29, 1.82) is 0 Å². The van der Waals surface area contributed by atoms with Crippen LogP contribution < -0.4 is 11.1 Å². The number of urea groups is 1. The number of aliphatic hydroxyl groups is 1. The van der Waals surface area contributed by atoms with Gasteiger partial charge >= 0.3 is 6.03 Å². The van der Waals surface area contributed by atoms with Crippen molar-refractivity contribution in [1.82, 2.24) is 10.2 Å². The Morgan fingerprint density at radius 2 is 2.21 bits per heavy atom. The predicted octanol–water partition coefficient (Wildman–Crippen LogP) is -0.708. The van der Waals surface area contributed by atoms with Gasteiger partial charge in [0, 0.05) is 26.2 Å². The highest BCUT2D eigenvalue weighted by Crippen LogP contribution is 2.16. The highest BCUT2D eigenvalue weighted by atomic mass is 16.5. The van der Waals surface area contributed by atoms with Crippen LogP contribution in [0.5, 0.6) is 0 Å². The van der Waals surface area contributed by atoms with Gasteiger partial charge in [-0.15, -0.1) is 0 Å². The fourth-order valence-electron chi connectivity index (χ4n) is 2.09. The van der Waals surface area contributed by atoms with Gasteiger partial charge in [-0.25, -0.2) is 4.79 Å². The van der Waals surface area contributed by atoms with E-state index >= 15 is 0 Å². The Kier molecular flexibility index (Phi) is 7.20. The second-order valence-corrected chi connectivity index (χ2v) is 4.60. The van der Waals surface area contributed by atoms with Gasteiger partial charge in [-0.1, -0.05) is 0 Å². The van der Waals surface area contributed by atoms with Crippen LogP contribution in [0, 0.1) is 5.92 Å². The number of hydrogen-bond donors (Lipinski definition) is 3. The van der Waals surface area contributed by atoms with Gasteiger partial charge in [0.1, 0.15) is 0 Å². The molecule has 19 heavy (non-hydrogen) atoms. The van der Waals surface area contributed by atoms with E-state index < -0.39 is 6.03 Å². The van der Waals surface area contributed by atoms with Crippen LogP contribution in [0.15, 0.2) is 0 Å². The molecule has 7 nitrogen and oxygen atoms in total. The lowest BCUT2D eigenvalue weighted by molar-refractivity contribution is -0.126. The molecule has 0 aromatic carbocycles. The summed E-state index contributed by atoms with van der Waals surface area (Å²) in [4.78, 5) is 24.5. The van der Waals surface area contributed by atoms with Crippen LogP contribution in [0.25, 0.3) is 0 Å². The van der Waals surface area contributed by atoms with Crippen molar-refractivity contribution in [2.24, 2.45) is 11.7 Å². The van der Waals surface area contributed by atoms with Crippen LogP contribution in [-0.2, 0) is 9.53 Å². The molecule has 1 unspecified atom stereocenters. The van der Waals surface area contributed by atoms with Crippen molar-refractivity contribution in [3.63, 3.8) is 0 Å². The van der Waals surface area contributed by atoms with E-state index in [1.165, 1.54) is 4.90 Å². The van der Waals surface area contributed by atoms with E-state index in [1.807, 2.05) is 0 Å². The van der Waals surface area contributed by atoms with E-state index in [4.69, 9.17) is 15.6 Å². The van der Waals surface area contributed by atoms with E-state index in [9.17, 15) is 9.59 Å². The van der Waals surface area contributed by atoms with Gasteiger partial charge in [-0.2, -0.15) is 0 Å². The molecule has 0 saturated carbocycles. The predicted molar refractivity (Wildman–Crippen MR) is 69.4 cm³/mol. The van der Waals surface area contributed by atoms with Crippen LogP contribution in [0.2, 0.25) is 0 Å². The van der Waals surface area contributed by atoms with Crippen LogP contribution in [0.3, 0.4) is 0 Å². The van der Waals surface area contributed by atoms with Gasteiger partial charge in [0.25, 0.3) is 0 Å². The Morgan fingerprint density at radius 3 is 2.89 bits per heavy atom. The highest BCUT2D eigenvalue weighted by Gasteiger charge is 2.26. The van der Waals surface area contributed by atoms with Crippen LogP contribution in [0.1, 0.15) is 19.3 Å². The number of piperidine rings is 1. The number of carbonyl (C=O) groups is 2. The normalized spacial score (nSPS) is 19.2. The summed E-state index contributed by atoms with van der Waals surface area (Å²) in [6.45, 7) is 2.42. The minimum atomic E-state index is -0.463. The van der Waals surface area contributed by atoms with Crippen molar-refractivity contribution in [2.75, 3.05) is 39.5 Å². The molecule has 1 heterocycles. The highest BCUT2D eigenvalue weighted by molar-refractivity contribution is 5.80. The Labute approximate surface area is 113 Å². The van der Waals surface area contributed by atoms with Crippen molar-refractivity contribution >= 4 is 11.9 Å². The van der Waals surface area contributed by atoms with Gasteiger partial charge in [0.05, 0.1) is 19.1 Å². The number of rotatable bonds is 7. The molecule has 0 aromatic heterocycles. The summed E-state index contributed by atoms with van der Waals surface area (Å²) < 4.78 is 5.09. The largest absolute Gasteiger partial charge is 0.394 e. The number of aliphatic hydroxyl groups excluding tert-OH is 1. The van der Waals surface area contributed by atoms with Gasteiger partial charge in [-0.3, -0.25) is 4.79 Å². The fraction of sp³-hybridized carbons (Fsp3) is 0.833. The summed E-state index contributed by atoms with van der Waals surface area (Å²) in [6, 6.07) is -0.463. The summed E-state index contributed by atoms with van der Waals surface area (Å²) in [5.41, 5.74) is 5.22. The average Bonchev–Trinajstić information content (AvgIpc) is 2.42. The van der Waals surface area contributed by atoms with E-state index in [-0.39, 0.29) is 18.4 Å². The first kappa shape index (κ1) is 15.7. The lowest BCUT2D eigenvalue weighted by atomic mass is 9.97. The molecule has 1 rings (SSSR count). The number of ether oxygens (including phenoxy) is 1. The molecule has 3 amide bonds. The number of nitrogens with two attached hydrogens (primary N) is 1. The molecule has 1 fully saturated rings. The monoisotopic (exact) mass is 273 g/mol. The Bertz CT molecular complexity index is 299. The molecule has 0 aliphatic carbocycles. The topological polar surface area (TPSA) is 105 Å². The third-order valence-electron chi connectivity index (χ3n) is 3.10. The quantitative estimate of drug-likeness (QED) is 0.533. The number of nitrogens with zero attached hydrogens (tertiary/aromatic N) is 1. The van der Waals surface area contributed by atoms with Crippen molar-refractivity contribution in [2.45, 2.75) is 19.3 Å². The number of primary amides is 1. The van der Waals surface area contributed by atoms with E-state index in [0.717, 1.165) is 12.8 Å². The summed E-state index contributed by atoms with van der Waals surface area (Å²) in [7, 11) is 0. The lowest BCUT2D eigenvalue weighted by Crippen LogP contribution is -2.47. The zero-order valence-electron chi connectivity index (χ0n) is 11.1. The van der Waals surface area contributed by atoms with Crippen molar-refractivity contribution < 1.29 is 19.4 Å². The van der Waals surface area contributed by atoms with Crippen LogP contribution in [0.4, 0.5) is 4.79 Å². The summed E-state index contributed by atoms with van der Waals surface area (Å²) in [5, 5.41) is 11.3. The van der Waals surface area contributed by atoms with Gasteiger partial charge < -0.3 is 25.8 Å². The standard InChI is InChI=1S/C12H23N3O4/c13-12(18)15-5-1-3-10(9-15)11(17)14-4-2-7-19-8-6-16/h10,16H,1-9H2,(H2,13,18)(H,14,17). The second kappa shape index (κ2) is 8.71. The zero-order valence-corrected chi connectivity index (χ0v) is 11.1. The van der Waals surface area contributed by atoms with Gasteiger partial charge in [-0.05, 0) is 19.3 Å². The van der Waals surface area contributed by atoms with Crippen LogP contribution >= 0.6 is 0 Å². The van der Waals surface area contributed by atoms with Gasteiger partial charge in [0.15, 0.2) is 0 Å². The molecule has 7 heteroatoms. The first-order chi connectivity index (χ1) is 9.15. The summed E-state index contributed by atoms with van der Waals surface area (Å²) >= 11 is 0. The number of hydrogen-bond acceptors (Lipinski definition) is 4. The minimum absolute atomic E-state index is 0.0113. The Balaban J connectivity index is 2.16. The Morgan fingerprint density at radius 1 is 1.42 bits per heavy atom. The number of carbonyl (C=O) groups excluding carboxylic acids is 2. The van der Waals surface area contributed by atoms with Gasteiger partial charge in [0.2, 0.25) is 5.91 Å². The maximum Gasteiger partial charge on any atom is 0.314 e. The Hall–Kier alpha value is -1.34. The molecule has 0 aromatic rings. The van der Waals surface area contributed by atoms with Crippen molar-refractivity contribution in [3.05, 3.63) is 0 Å². The fourth-order valence-corrected chi connectivity index (χ4v) is 2.09. The third-order valence-corrected chi connectivity index (χ3v) is 3.10. The maximum absolute atomic E-state index is 11.9. The molecule has 110 valence electrons. The average molecular weight is 273 g/mol. The van der Waals surface area contributed by atoms with Crippen LogP contribution in [-0.4, -0.2) is 61.4 Å². The SMILES string of the molecule is NC(=O)N1CCCC(C(=O)NCCCOCCO)C1. The molecular weight excluding hydrogens is 250 g/mol. The first-order valence-electron chi connectivity index (χ1n) is 6.66. The molecule has 1 saturated heterocycles. The molecule has 1 atom stereocenters. The second-order valence-electron chi connectivity index (χ2n) is 4.60. The smallest absolute Gasteiger partial charge is 0.314 e. The molecule has 1 aliphatic heterocycles. The molecule has 1 aliphatic rings. The summed E-state index contributed by atoms with van der Waals surface area (Å²) in [6.07, 6.45) is 2.30. The summed E-state index contributed by atoms with van der Waals surface area (Å²) in [5.74, 6) is -0.201. The molecular formula is C12H23N3O4. The van der Waals surface area contributed by atoms with Crippen molar-refractivity contribution in [3.8, 4) is 0 Å². The van der Waals surface area contributed by atoms with E-state index in [1.54, 1.807) is 0 Å².